The Morgan fingerprint density at radius 1 is 1.32 bits per heavy atom. The molecule has 1 aliphatic rings. The minimum Gasteiger partial charge on any atom is -0.405 e. The predicted molar refractivity (Wildman–Crippen MR) is 107 cm³/mol. The molecule has 0 aromatic rings. The zero-order valence-electron chi connectivity index (χ0n) is 15.6. The number of hydrogen-bond donors (Lipinski definition) is 1. The Kier molecular flexibility index (Phi) is 7.88. The van der Waals surface area contributed by atoms with Gasteiger partial charge in [-0.15, -0.1) is 0 Å². The number of nitrogens with zero attached hydrogens (tertiary/aromatic N) is 2. The van der Waals surface area contributed by atoms with Crippen molar-refractivity contribution in [3.8, 4) is 0 Å². The number of alkyl halides is 3. The van der Waals surface area contributed by atoms with Crippen molar-refractivity contribution in [2.75, 3.05) is 14.1 Å². The monoisotopic (exact) mass is 469 g/mol. The van der Waals surface area contributed by atoms with Crippen molar-refractivity contribution in [3.63, 3.8) is 0 Å². The maximum atomic E-state index is 13.7. The first kappa shape index (κ1) is 22.4. The van der Waals surface area contributed by atoms with Gasteiger partial charge in [-0.3, -0.25) is 4.99 Å². The van der Waals surface area contributed by atoms with Crippen LogP contribution in [-0.2, 0) is 9.31 Å². The molecule has 1 fully saturated rings. The van der Waals surface area contributed by atoms with E-state index in [4.69, 9.17) is 15.0 Å². The second-order valence-corrected chi connectivity index (χ2v) is 8.80. The van der Waals surface area contributed by atoms with Crippen molar-refractivity contribution >= 4 is 36.0 Å². The van der Waals surface area contributed by atoms with Crippen LogP contribution >= 0.6 is 22.6 Å². The van der Waals surface area contributed by atoms with Gasteiger partial charge in [-0.2, -0.15) is 0 Å². The maximum Gasteiger partial charge on any atom is 0.497 e. The van der Waals surface area contributed by atoms with Gasteiger partial charge in [0.15, 0.2) is 0 Å². The highest BCUT2D eigenvalue weighted by molar-refractivity contribution is 14.1. The summed E-state index contributed by atoms with van der Waals surface area (Å²) in [6.07, 6.45) is 2.05. The summed E-state index contributed by atoms with van der Waals surface area (Å²) in [6, 6.07) is -0.387. The lowest BCUT2D eigenvalue weighted by Gasteiger charge is -2.30. The molecule has 142 valence electrons. The van der Waals surface area contributed by atoms with Crippen molar-refractivity contribution < 1.29 is 18.1 Å². The summed E-state index contributed by atoms with van der Waals surface area (Å²) in [5.41, 5.74) is 4.95. The minimum absolute atomic E-state index is 0.141. The first-order valence-corrected chi connectivity index (χ1v) is 9.19. The van der Waals surface area contributed by atoms with Crippen LogP contribution in [0.2, 0.25) is 0 Å². The summed E-state index contributed by atoms with van der Waals surface area (Å²) in [5, 5.41) is 0. The minimum atomic E-state index is -2.71. The van der Waals surface area contributed by atoms with E-state index in [1.54, 1.807) is 11.2 Å². The van der Waals surface area contributed by atoms with E-state index in [-0.39, 0.29) is 17.1 Å². The van der Waals surface area contributed by atoms with Gasteiger partial charge in [-0.1, -0.05) is 13.0 Å². The van der Waals surface area contributed by atoms with Crippen molar-refractivity contribution in [1.82, 2.24) is 4.90 Å². The van der Waals surface area contributed by atoms with Gasteiger partial charge in [0.25, 0.3) is 6.43 Å². The highest BCUT2D eigenvalue weighted by atomic mass is 127. The molecular weight excluding hydrogens is 442 g/mol. The van der Waals surface area contributed by atoms with E-state index in [1.807, 2.05) is 41.8 Å². The SMILES string of the molecule is CC[C@@H](/C=C(\C(=C/N)B1OC(C)(C)C(C)(I)O1)C(F)F)N=CN(C)C. The lowest BCUT2D eigenvalue weighted by atomic mass is 9.73. The van der Waals surface area contributed by atoms with Crippen molar-refractivity contribution in [3.05, 3.63) is 23.3 Å². The Morgan fingerprint density at radius 2 is 1.92 bits per heavy atom. The van der Waals surface area contributed by atoms with Gasteiger partial charge in [0.1, 0.15) is 3.61 Å². The highest BCUT2D eigenvalue weighted by Gasteiger charge is 2.54. The van der Waals surface area contributed by atoms with Crippen LogP contribution in [0.1, 0.15) is 34.1 Å². The molecule has 0 amide bonds. The second kappa shape index (κ2) is 8.81. The molecule has 0 radical (unpaired) electrons. The zero-order valence-corrected chi connectivity index (χ0v) is 17.8. The molecule has 1 unspecified atom stereocenters. The average molecular weight is 469 g/mol. The van der Waals surface area contributed by atoms with Crippen molar-refractivity contribution in [2.24, 2.45) is 10.7 Å². The molecule has 25 heavy (non-hydrogen) atoms. The molecule has 2 atom stereocenters. The third-order valence-corrected chi connectivity index (χ3v) is 5.64. The molecule has 0 aromatic carbocycles. The largest absolute Gasteiger partial charge is 0.497 e. The molecule has 0 aliphatic carbocycles. The van der Waals surface area contributed by atoms with Gasteiger partial charge < -0.3 is 19.9 Å². The van der Waals surface area contributed by atoms with E-state index in [0.29, 0.717) is 6.42 Å². The summed E-state index contributed by atoms with van der Waals surface area (Å²) in [5.74, 6) is 0. The summed E-state index contributed by atoms with van der Waals surface area (Å²) < 4.78 is 38.5. The summed E-state index contributed by atoms with van der Waals surface area (Å²) >= 11 is 2.12. The number of halogens is 3. The predicted octanol–water partition coefficient (Wildman–Crippen LogP) is 3.39. The van der Waals surface area contributed by atoms with E-state index in [2.05, 4.69) is 27.6 Å². The first-order chi connectivity index (χ1) is 11.4. The van der Waals surface area contributed by atoms with Gasteiger partial charge in [0, 0.05) is 25.1 Å². The number of hydrogen-bond acceptors (Lipinski definition) is 4. The number of allylic oxidation sites excluding steroid dienone is 2. The normalized spacial score (nSPS) is 25.9. The zero-order chi connectivity index (χ0) is 19.4. The van der Waals surface area contributed by atoms with E-state index in [9.17, 15) is 8.78 Å². The average Bonchev–Trinajstić information content (AvgIpc) is 2.69. The Hall–Kier alpha value is -0.675. The van der Waals surface area contributed by atoms with Gasteiger partial charge in [-0.25, -0.2) is 8.78 Å². The number of rotatable bonds is 7. The van der Waals surface area contributed by atoms with Crippen molar-refractivity contribution in [1.29, 1.82) is 0 Å². The maximum absolute atomic E-state index is 13.7. The molecule has 1 heterocycles. The van der Waals surface area contributed by atoms with Crippen LogP contribution < -0.4 is 5.73 Å². The van der Waals surface area contributed by atoms with Gasteiger partial charge >= 0.3 is 7.12 Å². The number of nitrogens with two attached hydrogens (primary N) is 1. The molecule has 1 saturated heterocycles. The van der Waals surface area contributed by atoms with Gasteiger partial charge in [-0.05, 0) is 56.0 Å². The molecule has 0 spiro atoms. The Bertz CT molecular complexity index is 535. The van der Waals surface area contributed by atoms with Crippen LogP contribution in [-0.4, -0.2) is 54.1 Å². The van der Waals surface area contributed by atoms with Crippen LogP contribution in [0.4, 0.5) is 8.78 Å². The van der Waals surface area contributed by atoms with E-state index >= 15 is 0 Å². The number of aliphatic imine (C=N–C) groups is 1. The van der Waals surface area contributed by atoms with Gasteiger partial charge in [0.2, 0.25) is 0 Å². The molecule has 1 aliphatic heterocycles. The van der Waals surface area contributed by atoms with E-state index < -0.39 is 22.8 Å². The lowest BCUT2D eigenvalue weighted by Crippen LogP contribution is -2.38. The molecule has 1 rings (SSSR count). The fourth-order valence-electron chi connectivity index (χ4n) is 2.17. The summed E-state index contributed by atoms with van der Waals surface area (Å²) in [4.78, 5) is 6.06. The standard InChI is InChI=1S/C16H27BF2IN3O2/c1-7-11(22-10-23(5)6)8-12(14(18)19)13(9-21)17-24-15(2,3)16(4,20)25-17/h8-11,14H,7,21H2,1-6H3/b12-8+,13-9+,22-10?/t11-,16?/m0/s1. The van der Waals surface area contributed by atoms with Crippen molar-refractivity contribution in [2.45, 2.75) is 55.8 Å². The molecule has 0 saturated carbocycles. The summed E-state index contributed by atoms with van der Waals surface area (Å²) in [7, 11) is 2.70. The third-order valence-electron chi connectivity index (χ3n) is 4.09. The summed E-state index contributed by atoms with van der Waals surface area (Å²) in [6.45, 7) is 7.45. The Morgan fingerprint density at radius 3 is 2.28 bits per heavy atom. The molecule has 2 N–H and O–H groups in total. The first-order valence-electron chi connectivity index (χ1n) is 8.11. The quantitative estimate of drug-likeness (QED) is 0.155. The second-order valence-electron chi connectivity index (χ2n) is 6.74. The Balaban J connectivity index is 3.17. The molecule has 9 heteroatoms. The van der Waals surface area contributed by atoms with Crippen LogP contribution in [0, 0.1) is 0 Å². The fourth-order valence-corrected chi connectivity index (χ4v) is 2.52. The highest BCUT2D eigenvalue weighted by Crippen LogP contribution is 2.44. The molecule has 0 bridgehead atoms. The van der Waals surface area contributed by atoms with E-state index in [1.165, 1.54) is 6.08 Å². The third kappa shape index (κ3) is 5.65. The van der Waals surface area contributed by atoms with Crippen LogP contribution in [0.3, 0.4) is 0 Å². The van der Waals surface area contributed by atoms with Crippen LogP contribution in [0.25, 0.3) is 0 Å². The fraction of sp³-hybridized carbons (Fsp3) is 0.688. The van der Waals surface area contributed by atoms with Crippen LogP contribution in [0.5, 0.6) is 0 Å². The Labute approximate surface area is 163 Å². The van der Waals surface area contributed by atoms with Gasteiger partial charge in [0.05, 0.1) is 18.0 Å². The topological polar surface area (TPSA) is 60.1 Å². The lowest BCUT2D eigenvalue weighted by molar-refractivity contribution is 0.0725. The van der Waals surface area contributed by atoms with E-state index in [0.717, 1.165) is 6.20 Å². The molecular formula is C16H27BF2IN3O2. The molecule has 5 nitrogen and oxygen atoms in total. The smallest absolute Gasteiger partial charge is 0.405 e. The molecule has 0 aromatic heterocycles. The van der Waals surface area contributed by atoms with Crippen LogP contribution in [0.15, 0.2) is 28.3 Å².